The molecule has 1 aliphatic rings. The van der Waals surface area contributed by atoms with Crippen LogP contribution < -0.4 is 20.6 Å². The number of nitro groups is 2. The Hall–Kier alpha value is -3.51. The van der Waals surface area contributed by atoms with Crippen molar-refractivity contribution < 1.29 is 77.6 Å². The zero-order chi connectivity index (χ0) is 25.0. The molecule has 1 heterocycles. The van der Waals surface area contributed by atoms with E-state index >= 15 is 0 Å². The molecule has 1 saturated heterocycles. The molecule has 1 aliphatic heterocycles. The van der Waals surface area contributed by atoms with Crippen LogP contribution in [0.4, 0.5) is 11.4 Å². The van der Waals surface area contributed by atoms with Crippen molar-refractivity contribution in [3.05, 3.63) is 79.9 Å². The number of carboxylic acids is 3. The number of carboxylic acid groups (broad SMARTS) is 3. The molecule has 0 saturated carbocycles. The second-order valence-electron chi connectivity index (χ2n) is 6.64. The minimum Gasteiger partial charge on any atom is -0.550 e. The number of aromatic carboxylic acids is 2. The molecule has 0 bridgehead atoms. The Bertz CT molecular complexity index is 859. The molecule has 5 N–H and O–H groups in total. The van der Waals surface area contributed by atoms with Crippen molar-refractivity contribution in [2.75, 3.05) is 13.1 Å². The van der Waals surface area contributed by atoms with Gasteiger partial charge in [0.25, 0.3) is 11.4 Å². The minimum atomic E-state index is -1.34. The van der Waals surface area contributed by atoms with E-state index in [-0.39, 0.29) is 61.2 Å². The standard InChI is InChI=1S/2C7H5NO4.C6H11NO2.Cd.H2O/c2*9-7(10)5-1-3-6(4-2-5)8(11)12;8-6(9)5-1-3-7-4-2-5;;/h2*1-4H,(H,9,10);5,7H,1-4H2,(H,8,9);;1H2/q;;;+2;/p-1. The maximum absolute atomic E-state index is 10.2. The summed E-state index contributed by atoms with van der Waals surface area (Å²) in [4.78, 5) is 49.7. The van der Waals surface area contributed by atoms with Crippen molar-refractivity contribution in [2.45, 2.75) is 12.8 Å². The van der Waals surface area contributed by atoms with Crippen LogP contribution in [0.2, 0.25) is 0 Å². The molecule has 0 amide bonds. The van der Waals surface area contributed by atoms with E-state index in [0.29, 0.717) is 0 Å². The van der Waals surface area contributed by atoms with Crippen LogP contribution in [0.3, 0.4) is 0 Å². The van der Waals surface area contributed by atoms with E-state index in [1.807, 2.05) is 0 Å². The molecule has 0 aliphatic carbocycles. The third-order valence-corrected chi connectivity index (χ3v) is 4.40. The number of quaternary nitrogens is 1. The second-order valence-corrected chi connectivity index (χ2v) is 6.64. The number of rotatable bonds is 5. The van der Waals surface area contributed by atoms with E-state index in [9.17, 15) is 49.9 Å². The average molecular weight is 593 g/mol. The first-order valence-electron chi connectivity index (χ1n) is 9.47. The molecule has 3 rings (SSSR count). The van der Waals surface area contributed by atoms with E-state index in [2.05, 4.69) is 5.32 Å². The number of hydrogen-bond donors (Lipinski definition) is 1. The van der Waals surface area contributed by atoms with Crippen molar-refractivity contribution in [3.8, 4) is 0 Å². The van der Waals surface area contributed by atoms with Gasteiger partial charge in [0, 0.05) is 49.0 Å². The predicted octanol–water partition coefficient (Wildman–Crippen LogP) is -3.30. The van der Waals surface area contributed by atoms with Gasteiger partial charge in [0.05, 0.1) is 34.9 Å². The van der Waals surface area contributed by atoms with Gasteiger partial charge in [-0.15, -0.1) is 0 Å². The van der Waals surface area contributed by atoms with Gasteiger partial charge in [-0.25, -0.2) is 0 Å². The number of aliphatic carboxylic acids is 1. The smallest absolute Gasteiger partial charge is 0.550 e. The Balaban J connectivity index is 0. The summed E-state index contributed by atoms with van der Waals surface area (Å²) in [6.45, 7) is 1.89. The van der Waals surface area contributed by atoms with E-state index in [1.165, 1.54) is 0 Å². The monoisotopic (exact) mass is 594 g/mol. The van der Waals surface area contributed by atoms with Gasteiger partial charge in [0.15, 0.2) is 0 Å². The molecule has 14 nitrogen and oxygen atoms in total. The van der Waals surface area contributed by atoms with E-state index in [1.54, 1.807) is 0 Å². The fourth-order valence-electron chi connectivity index (χ4n) is 2.60. The molecule has 35 heavy (non-hydrogen) atoms. The quantitative estimate of drug-likeness (QED) is 0.156. The Morgan fingerprint density at radius 1 is 0.714 bits per heavy atom. The van der Waals surface area contributed by atoms with Crippen LogP contribution in [0, 0.1) is 26.1 Å². The van der Waals surface area contributed by atoms with Crippen LogP contribution in [-0.4, -0.2) is 40.8 Å². The summed E-state index contributed by atoms with van der Waals surface area (Å²) in [7, 11) is 0. The van der Waals surface area contributed by atoms with Crippen molar-refractivity contribution in [2.24, 2.45) is 5.92 Å². The Morgan fingerprint density at radius 3 is 1.23 bits per heavy atom. The van der Waals surface area contributed by atoms with Crippen LogP contribution >= 0.6 is 0 Å². The molecule has 0 spiro atoms. The number of nitrogens with zero attached hydrogens (tertiary/aromatic N) is 2. The van der Waals surface area contributed by atoms with Crippen LogP contribution in [0.25, 0.3) is 0 Å². The summed E-state index contributed by atoms with van der Waals surface area (Å²) in [5, 5.41) is 53.0. The number of benzene rings is 2. The molecule has 1 fully saturated rings. The van der Waals surface area contributed by atoms with Gasteiger partial charge in [0.1, 0.15) is 0 Å². The topological polar surface area (TPSA) is 256 Å². The van der Waals surface area contributed by atoms with Gasteiger partial charge >= 0.3 is 27.3 Å². The van der Waals surface area contributed by atoms with Gasteiger partial charge in [-0.05, 0) is 35.4 Å². The molecule has 184 valence electrons. The number of piperidine rings is 1. The number of non-ortho nitro benzene ring substituents is 2. The zero-order valence-electron chi connectivity index (χ0n) is 18.4. The molecule has 15 heteroatoms. The number of carbonyl (C=O) groups excluding carboxylic acids is 3. The molecule has 0 atom stereocenters. The van der Waals surface area contributed by atoms with E-state index in [4.69, 9.17) is 0 Å². The minimum absolute atomic E-state index is 0. The Kier molecular flexibility index (Phi) is 16.4. The van der Waals surface area contributed by atoms with Gasteiger partial charge in [-0.3, -0.25) is 20.2 Å². The second kappa shape index (κ2) is 17.0. The van der Waals surface area contributed by atoms with Gasteiger partial charge < -0.3 is 40.5 Å². The SMILES string of the molecule is O=C([O-])C1CC[NH2+]CC1.O=C([O-])c1ccc([N+](=O)[O-])cc1.O=C([O-])c1ccc([N+](=O)[O-])cc1.[Cd+2].[OH3+]. The molecular formula is C20H22CdN3O11+. The van der Waals surface area contributed by atoms with E-state index in [0.717, 1.165) is 74.5 Å². The maximum atomic E-state index is 10.2. The molecule has 0 unspecified atom stereocenters. The van der Waals surface area contributed by atoms with Crippen molar-refractivity contribution in [1.29, 1.82) is 0 Å². The maximum Gasteiger partial charge on any atom is 2.00 e. The zero-order valence-corrected chi connectivity index (χ0v) is 22.4. The van der Waals surface area contributed by atoms with Crippen LogP contribution in [0.15, 0.2) is 48.5 Å². The first-order chi connectivity index (χ1) is 15.5. The molecule has 2 aromatic rings. The average Bonchev–Trinajstić information content (AvgIpc) is 2.80. The summed E-state index contributed by atoms with van der Waals surface area (Å²) in [6, 6.07) is 8.99. The van der Waals surface area contributed by atoms with Gasteiger partial charge in [-0.1, -0.05) is 0 Å². The summed E-state index contributed by atoms with van der Waals surface area (Å²) >= 11 is 0. The first-order valence-corrected chi connectivity index (χ1v) is 9.47. The summed E-state index contributed by atoms with van der Waals surface area (Å²) in [5.74, 6) is -3.73. The third kappa shape index (κ3) is 12.5. The molecule has 2 aromatic carbocycles. The summed E-state index contributed by atoms with van der Waals surface area (Å²) in [5.41, 5.74) is -0.416. The van der Waals surface area contributed by atoms with E-state index < -0.39 is 27.8 Å². The van der Waals surface area contributed by atoms with Gasteiger partial charge in [0.2, 0.25) is 0 Å². The fraction of sp³-hybridized carbons (Fsp3) is 0.250. The molecule has 0 aromatic heterocycles. The van der Waals surface area contributed by atoms with Gasteiger partial charge in [-0.2, -0.15) is 0 Å². The van der Waals surface area contributed by atoms with Crippen molar-refractivity contribution >= 4 is 29.3 Å². The first kappa shape index (κ1) is 33.7. The Morgan fingerprint density at radius 2 is 1.03 bits per heavy atom. The fourth-order valence-corrected chi connectivity index (χ4v) is 2.60. The number of nitro benzene ring substituents is 2. The van der Waals surface area contributed by atoms with Crippen LogP contribution in [-0.2, 0) is 37.6 Å². The number of nitrogens with two attached hydrogens (primary N) is 1. The molecule has 0 radical (unpaired) electrons. The van der Waals surface area contributed by atoms with Crippen molar-refractivity contribution in [1.82, 2.24) is 0 Å². The number of hydrogen-bond acceptors (Lipinski definition) is 10. The Labute approximate surface area is 218 Å². The third-order valence-electron chi connectivity index (χ3n) is 4.40. The number of carbonyl (C=O) groups is 3. The summed E-state index contributed by atoms with van der Waals surface area (Å²) in [6.07, 6.45) is 1.56. The largest absolute Gasteiger partial charge is 2.00 e. The van der Waals surface area contributed by atoms with Crippen LogP contribution in [0.5, 0.6) is 0 Å². The van der Waals surface area contributed by atoms with Crippen LogP contribution in [0.1, 0.15) is 33.6 Å². The normalized spacial score (nSPS) is 12.0. The predicted molar refractivity (Wildman–Crippen MR) is 109 cm³/mol. The molecular weight excluding hydrogens is 571 g/mol. The van der Waals surface area contributed by atoms with Crippen molar-refractivity contribution in [3.63, 3.8) is 0 Å². The summed E-state index contributed by atoms with van der Waals surface area (Å²) < 4.78 is 0.